The minimum atomic E-state index is -0.384. The van der Waals surface area contributed by atoms with E-state index in [9.17, 15) is 14.4 Å². The minimum absolute atomic E-state index is 0.0318. The summed E-state index contributed by atoms with van der Waals surface area (Å²) < 4.78 is 16.4. The Hall–Kier alpha value is -3.75. The number of benzene rings is 2. The van der Waals surface area contributed by atoms with Gasteiger partial charge >= 0.3 is 0 Å². The summed E-state index contributed by atoms with van der Waals surface area (Å²) in [6.07, 6.45) is 2.66. The summed E-state index contributed by atoms with van der Waals surface area (Å²) in [7, 11) is 0. The maximum absolute atomic E-state index is 12.6. The Morgan fingerprint density at radius 1 is 1.06 bits per heavy atom. The van der Waals surface area contributed by atoms with E-state index in [-0.39, 0.29) is 43.7 Å². The van der Waals surface area contributed by atoms with Crippen LogP contribution in [0.4, 0.5) is 0 Å². The molecule has 2 heterocycles. The fourth-order valence-electron chi connectivity index (χ4n) is 4.04. The number of nitrogens with one attached hydrogen (secondary N) is 2. The Morgan fingerprint density at radius 2 is 1.82 bits per heavy atom. The number of nitrogens with zero attached hydrogens (tertiary/aromatic N) is 1. The summed E-state index contributed by atoms with van der Waals surface area (Å²) >= 11 is 0. The monoisotopic (exact) mass is 467 g/mol. The number of para-hydroxylation sites is 1. The van der Waals surface area contributed by atoms with Crippen molar-refractivity contribution in [3.05, 3.63) is 53.6 Å². The maximum Gasteiger partial charge on any atom is 0.260 e. The number of carbonyl (C=O) groups is 3. The van der Waals surface area contributed by atoms with Crippen LogP contribution in [0.15, 0.2) is 42.5 Å². The van der Waals surface area contributed by atoms with Crippen molar-refractivity contribution in [1.82, 2.24) is 15.5 Å². The van der Waals surface area contributed by atoms with Gasteiger partial charge in [-0.25, -0.2) is 0 Å². The third kappa shape index (κ3) is 5.59. The van der Waals surface area contributed by atoms with Gasteiger partial charge in [0.2, 0.25) is 12.7 Å². The average molecular weight is 468 g/mol. The fraction of sp³-hybridized carbons (Fsp3) is 0.400. The van der Waals surface area contributed by atoms with Crippen molar-refractivity contribution in [2.45, 2.75) is 32.2 Å². The molecule has 4 rings (SSSR count). The molecule has 1 saturated heterocycles. The van der Waals surface area contributed by atoms with Crippen molar-refractivity contribution in [3.63, 3.8) is 0 Å². The van der Waals surface area contributed by atoms with E-state index in [1.54, 1.807) is 24.3 Å². The van der Waals surface area contributed by atoms with Crippen LogP contribution < -0.4 is 24.8 Å². The third-order valence-electron chi connectivity index (χ3n) is 5.89. The van der Waals surface area contributed by atoms with E-state index in [0.29, 0.717) is 29.2 Å². The lowest BCUT2D eigenvalue weighted by Crippen LogP contribution is -2.38. The van der Waals surface area contributed by atoms with Crippen LogP contribution in [-0.2, 0) is 9.59 Å². The van der Waals surface area contributed by atoms with E-state index >= 15 is 0 Å². The van der Waals surface area contributed by atoms with Crippen molar-refractivity contribution in [2.24, 2.45) is 0 Å². The van der Waals surface area contributed by atoms with E-state index in [2.05, 4.69) is 10.6 Å². The zero-order chi connectivity index (χ0) is 23.9. The van der Waals surface area contributed by atoms with Crippen LogP contribution in [0.2, 0.25) is 0 Å². The van der Waals surface area contributed by atoms with Gasteiger partial charge in [0.05, 0.1) is 12.6 Å². The average Bonchev–Trinajstić information content (AvgIpc) is 3.56. The largest absolute Gasteiger partial charge is 0.483 e. The predicted molar refractivity (Wildman–Crippen MR) is 124 cm³/mol. The first kappa shape index (κ1) is 23.4. The van der Waals surface area contributed by atoms with Crippen LogP contribution in [0, 0.1) is 0 Å². The molecule has 34 heavy (non-hydrogen) atoms. The first-order valence-electron chi connectivity index (χ1n) is 11.5. The van der Waals surface area contributed by atoms with Crippen LogP contribution in [0.5, 0.6) is 17.2 Å². The lowest BCUT2D eigenvalue weighted by molar-refractivity contribution is -0.132. The molecule has 9 nitrogen and oxygen atoms in total. The number of likely N-dealkylation sites (tertiary alicyclic amines) is 1. The Balaban J connectivity index is 1.32. The highest BCUT2D eigenvalue weighted by Gasteiger charge is 2.21. The van der Waals surface area contributed by atoms with Gasteiger partial charge in [0.15, 0.2) is 18.1 Å². The molecule has 2 N–H and O–H groups in total. The van der Waals surface area contributed by atoms with E-state index < -0.39 is 0 Å². The number of hydrogen-bond acceptors (Lipinski definition) is 6. The number of fused-ring (bicyclic) bond motifs is 1. The standard InChI is InChI=1S/C25H29N3O6/c1-2-19(18-7-3-4-8-20(18)32-15-24(30)28-11-5-6-12-28)27-23(29)14-26-25(31)17-9-10-21-22(13-17)34-16-33-21/h3-4,7-10,13,19H,2,5-6,11-12,14-16H2,1H3,(H,26,31)(H,27,29). The molecule has 9 heteroatoms. The Bertz CT molecular complexity index is 1050. The third-order valence-corrected chi connectivity index (χ3v) is 5.89. The van der Waals surface area contributed by atoms with Crippen molar-refractivity contribution < 1.29 is 28.6 Å². The van der Waals surface area contributed by atoms with Gasteiger partial charge in [-0.05, 0) is 43.5 Å². The molecule has 0 aromatic heterocycles. The highest BCUT2D eigenvalue weighted by Crippen LogP contribution is 2.32. The smallest absolute Gasteiger partial charge is 0.260 e. The number of hydrogen-bond donors (Lipinski definition) is 2. The summed E-state index contributed by atoms with van der Waals surface area (Å²) in [6.45, 7) is 3.40. The fourth-order valence-corrected chi connectivity index (χ4v) is 4.04. The second kappa shape index (κ2) is 10.9. The molecule has 180 valence electrons. The van der Waals surface area contributed by atoms with Gasteiger partial charge in [0, 0.05) is 24.2 Å². The summed E-state index contributed by atoms with van der Waals surface area (Å²) in [5.74, 6) is 0.905. The van der Waals surface area contributed by atoms with Gasteiger partial charge in [0.25, 0.3) is 11.8 Å². The van der Waals surface area contributed by atoms with Gasteiger partial charge < -0.3 is 29.7 Å². The first-order chi connectivity index (χ1) is 16.5. The van der Waals surface area contributed by atoms with Gasteiger partial charge in [-0.15, -0.1) is 0 Å². The van der Waals surface area contributed by atoms with E-state index in [1.807, 2.05) is 30.0 Å². The highest BCUT2D eigenvalue weighted by atomic mass is 16.7. The van der Waals surface area contributed by atoms with E-state index in [4.69, 9.17) is 14.2 Å². The molecule has 2 aromatic carbocycles. The minimum Gasteiger partial charge on any atom is -0.483 e. The number of rotatable bonds is 9. The SMILES string of the molecule is CCC(NC(=O)CNC(=O)c1ccc2c(c1)OCO2)c1ccccc1OCC(=O)N1CCCC1. The van der Waals surface area contributed by atoms with E-state index in [1.165, 1.54) is 0 Å². The van der Waals surface area contributed by atoms with Crippen molar-refractivity contribution >= 4 is 17.7 Å². The molecule has 0 radical (unpaired) electrons. The molecular weight excluding hydrogens is 438 g/mol. The molecule has 0 saturated carbocycles. The van der Waals surface area contributed by atoms with Gasteiger partial charge in [-0.2, -0.15) is 0 Å². The number of carbonyl (C=O) groups excluding carboxylic acids is 3. The molecule has 2 aliphatic heterocycles. The quantitative estimate of drug-likeness (QED) is 0.587. The second-order valence-electron chi connectivity index (χ2n) is 8.19. The second-order valence-corrected chi connectivity index (χ2v) is 8.19. The molecule has 1 atom stereocenters. The molecule has 1 fully saturated rings. The summed E-state index contributed by atoms with van der Waals surface area (Å²) in [6, 6.07) is 11.9. The maximum atomic E-state index is 12.6. The molecule has 1 unspecified atom stereocenters. The van der Waals surface area contributed by atoms with E-state index in [0.717, 1.165) is 31.5 Å². The zero-order valence-electron chi connectivity index (χ0n) is 19.2. The summed E-state index contributed by atoms with van der Waals surface area (Å²) in [5, 5.41) is 5.57. The molecule has 2 aromatic rings. The molecular formula is C25H29N3O6. The van der Waals surface area contributed by atoms with Gasteiger partial charge in [-0.3, -0.25) is 14.4 Å². The normalized spacial score (nSPS) is 15.0. The Labute approximate surface area is 198 Å². The number of amides is 3. The Kier molecular flexibility index (Phi) is 7.51. The van der Waals surface area contributed by atoms with Crippen LogP contribution >= 0.6 is 0 Å². The summed E-state index contributed by atoms with van der Waals surface area (Å²) in [5.41, 5.74) is 1.17. The van der Waals surface area contributed by atoms with Gasteiger partial charge in [-0.1, -0.05) is 25.1 Å². The van der Waals surface area contributed by atoms with Crippen molar-refractivity contribution in [3.8, 4) is 17.2 Å². The molecule has 2 aliphatic rings. The number of ether oxygens (including phenoxy) is 3. The Morgan fingerprint density at radius 3 is 2.62 bits per heavy atom. The van der Waals surface area contributed by atoms with Crippen molar-refractivity contribution in [2.75, 3.05) is 33.0 Å². The van der Waals surface area contributed by atoms with Gasteiger partial charge in [0.1, 0.15) is 5.75 Å². The highest BCUT2D eigenvalue weighted by molar-refractivity contribution is 5.97. The summed E-state index contributed by atoms with van der Waals surface area (Å²) in [4.78, 5) is 39.2. The van der Waals surface area contributed by atoms with Crippen LogP contribution in [0.25, 0.3) is 0 Å². The van der Waals surface area contributed by atoms with Crippen LogP contribution in [0.1, 0.15) is 48.1 Å². The predicted octanol–water partition coefficient (Wildman–Crippen LogP) is 2.41. The molecule has 0 bridgehead atoms. The topological polar surface area (TPSA) is 106 Å². The van der Waals surface area contributed by atoms with Crippen LogP contribution in [0.3, 0.4) is 0 Å². The zero-order valence-corrected chi connectivity index (χ0v) is 19.2. The van der Waals surface area contributed by atoms with Crippen LogP contribution in [-0.4, -0.2) is 55.7 Å². The molecule has 0 aliphatic carbocycles. The molecule has 0 spiro atoms. The van der Waals surface area contributed by atoms with Crippen molar-refractivity contribution in [1.29, 1.82) is 0 Å². The lowest BCUT2D eigenvalue weighted by atomic mass is 10.0. The molecule has 3 amide bonds. The lowest BCUT2D eigenvalue weighted by Gasteiger charge is -2.22. The first-order valence-corrected chi connectivity index (χ1v) is 11.5.